The molecule has 3 heterocycles. The average molecular weight is 374 g/mol. The first-order valence-corrected chi connectivity index (χ1v) is 8.98. The van der Waals surface area contributed by atoms with E-state index in [1.807, 2.05) is 7.05 Å². The minimum atomic E-state index is -0.807. The number of carbonyl (C=O) groups excluding carboxylic acids is 3. The van der Waals surface area contributed by atoms with Gasteiger partial charge < -0.3 is 24.6 Å². The minimum absolute atomic E-state index is 0.00801. The number of nitrogens with one attached hydrogen (secondary N) is 1. The summed E-state index contributed by atoms with van der Waals surface area (Å²) in [5.74, 6) is 0.764. The van der Waals surface area contributed by atoms with Crippen LogP contribution in [-0.2, 0) is 16.1 Å². The predicted octanol–water partition coefficient (Wildman–Crippen LogP) is -0.000200. The Kier molecular flexibility index (Phi) is 4.61. The van der Waals surface area contributed by atoms with E-state index in [9.17, 15) is 14.4 Å². The second-order valence-electron chi connectivity index (χ2n) is 7.00. The molecule has 144 valence electrons. The van der Waals surface area contributed by atoms with E-state index in [4.69, 9.17) is 9.47 Å². The Labute approximate surface area is 156 Å². The Morgan fingerprint density at radius 2 is 1.89 bits per heavy atom. The molecule has 4 rings (SSSR count). The third-order valence-electron chi connectivity index (χ3n) is 5.12. The maximum Gasteiger partial charge on any atom is 0.325 e. The summed E-state index contributed by atoms with van der Waals surface area (Å²) in [7, 11) is 2.01. The smallest absolute Gasteiger partial charge is 0.325 e. The number of benzene rings is 1. The lowest BCUT2D eigenvalue weighted by atomic mass is 10.1. The molecule has 0 unspecified atom stereocenters. The second-order valence-corrected chi connectivity index (χ2v) is 7.00. The normalized spacial score (nSPS) is 22.3. The third-order valence-corrected chi connectivity index (χ3v) is 5.12. The first-order valence-electron chi connectivity index (χ1n) is 8.98. The minimum Gasteiger partial charge on any atom is -0.454 e. The van der Waals surface area contributed by atoms with Gasteiger partial charge in [0.2, 0.25) is 12.7 Å². The van der Waals surface area contributed by atoms with Crippen LogP contribution in [0.1, 0.15) is 12.0 Å². The fourth-order valence-electron chi connectivity index (χ4n) is 3.45. The number of ether oxygens (including phenoxy) is 2. The summed E-state index contributed by atoms with van der Waals surface area (Å²) in [6, 6.07) is 4.01. The molecule has 0 aromatic heterocycles. The van der Waals surface area contributed by atoms with Crippen molar-refractivity contribution in [1.29, 1.82) is 0 Å². The Morgan fingerprint density at radius 3 is 2.67 bits per heavy atom. The lowest BCUT2D eigenvalue weighted by Crippen LogP contribution is -2.48. The Bertz CT molecular complexity index is 775. The summed E-state index contributed by atoms with van der Waals surface area (Å²) in [5, 5.41) is 2.63. The molecule has 0 radical (unpaired) electrons. The van der Waals surface area contributed by atoms with Crippen molar-refractivity contribution < 1.29 is 23.9 Å². The van der Waals surface area contributed by atoms with Gasteiger partial charge in [0.1, 0.15) is 6.04 Å². The zero-order valence-corrected chi connectivity index (χ0v) is 15.1. The molecule has 3 aliphatic heterocycles. The number of imide groups is 1. The number of piperazine rings is 1. The van der Waals surface area contributed by atoms with Gasteiger partial charge in [0.15, 0.2) is 11.5 Å². The van der Waals surface area contributed by atoms with Gasteiger partial charge in [-0.15, -0.1) is 0 Å². The number of amides is 4. The molecule has 0 saturated carbocycles. The standard InChI is InChI=1S/C18H22N4O5/c1-20-4-6-21(7-5-20)16(23)9-13-17(24)22(18(25)19-13)10-12-2-3-14-15(8-12)27-11-26-14/h2-3,8,13H,4-7,9-11H2,1H3,(H,19,25)/t13-/m1/s1. The zero-order valence-electron chi connectivity index (χ0n) is 15.1. The van der Waals surface area contributed by atoms with Gasteiger partial charge in [-0.1, -0.05) is 6.07 Å². The van der Waals surface area contributed by atoms with Crippen molar-refractivity contribution in [2.45, 2.75) is 19.0 Å². The van der Waals surface area contributed by atoms with Crippen LogP contribution in [0.2, 0.25) is 0 Å². The number of hydrogen-bond donors (Lipinski definition) is 1. The highest BCUT2D eigenvalue weighted by atomic mass is 16.7. The van der Waals surface area contributed by atoms with E-state index in [-0.39, 0.29) is 31.6 Å². The summed E-state index contributed by atoms with van der Waals surface area (Å²) in [6.07, 6.45) is -0.00801. The SMILES string of the molecule is CN1CCN(C(=O)C[C@H]2NC(=O)N(Cc3ccc4c(c3)OCO4)C2=O)CC1. The summed E-state index contributed by atoms with van der Waals surface area (Å²) in [6.45, 7) is 3.20. The number of likely N-dealkylation sites (N-methyl/N-ethyl adjacent to an activating group) is 1. The summed E-state index contributed by atoms with van der Waals surface area (Å²) < 4.78 is 10.6. The van der Waals surface area contributed by atoms with E-state index in [0.29, 0.717) is 24.6 Å². The lowest BCUT2D eigenvalue weighted by Gasteiger charge is -2.32. The number of urea groups is 1. The molecular formula is C18H22N4O5. The highest BCUT2D eigenvalue weighted by Crippen LogP contribution is 2.33. The van der Waals surface area contributed by atoms with E-state index in [0.717, 1.165) is 23.6 Å². The van der Waals surface area contributed by atoms with E-state index < -0.39 is 12.1 Å². The van der Waals surface area contributed by atoms with Gasteiger partial charge in [-0.05, 0) is 24.7 Å². The first kappa shape index (κ1) is 17.6. The molecule has 9 nitrogen and oxygen atoms in total. The van der Waals surface area contributed by atoms with Crippen molar-refractivity contribution in [3.05, 3.63) is 23.8 Å². The van der Waals surface area contributed by atoms with Gasteiger partial charge in [-0.2, -0.15) is 0 Å². The quantitative estimate of drug-likeness (QED) is 0.746. The van der Waals surface area contributed by atoms with E-state index in [1.165, 1.54) is 0 Å². The van der Waals surface area contributed by atoms with Crippen LogP contribution in [0.5, 0.6) is 11.5 Å². The molecule has 1 aromatic rings. The van der Waals surface area contributed by atoms with Gasteiger partial charge in [-0.3, -0.25) is 14.5 Å². The molecule has 0 bridgehead atoms. The highest BCUT2D eigenvalue weighted by Gasteiger charge is 2.40. The van der Waals surface area contributed by atoms with Crippen molar-refractivity contribution in [3.63, 3.8) is 0 Å². The third kappa shape index (κ3) is 3.55. The van der Waals surface area contributed by atoms with Gasteiger partial charge in [0.25, 0.3) is 5.91 Å². The molecular weight excluding hydrogens is 352 g/mol. The summed E-state index contributed by atoms with van der Waals surface area (Å²) in [4.78, 5) is 42.4. The highest BCUT2D eigenvalue weighted by molar-refractivity contribution is 6.05. The van der Waals surface area contributed by atoms with Crippen molar-refractivity contribution in [2.75, 3.05) is 40.0 Å². The Hall–Kier alpha value is -2.81. The summed E-state index contributed by atoms with van der Waals surface area (Å²) in [5.41, 5.74) is 0.758. The predicted molar refractivity (Wildman–Crippen MR) is 94.1 cm³/mol. The van der Waals surface area contributed by atoms with E-state index in [2.05, 4.69) is 10.2 Å². The van der Waals surface area contributed by atoms with Gasteiger partial charge in [-0.25, -0.2) is 4.79 Å². The van der Waals surface area contributed by atoms with E-state index >= 15 is 0 Å². The molecule has 3 aliphatic rings. The van der Waals surface area contributed by atoms with Crippen molar-refractivity contribution in [3.8, 4) is 11.5 Å². The maximum atomic E-state index is 12.6. The first-order chi connectivity index (χ1) is 13.0. The molecule has 0 aliphatic carbocycles. The Morgan fingerprint density at radius 1 is 1.15 bits per heavy atom. The van der Waals surface area contributed by atoms with Crippen molar-refractivity contribution in [1.82, 2.24) is 20.0 Å². The maximum absolute atomic E-state index is 12.6. The number of carbonyl (C=O) groups is 3. The lowest BCUT2D eigenvalue weighted by molar-refractivity contribution is -0.137. The molecule has 2 fully saturated rings. The topological polar surface area (TPSA) is 91.4 Å². The molecule has 1 aromatic carbocycles. The number of fused-ring (bicyclic) bond motifs is 1. The molecule has 1 atom stereocenters. The van der Waals surface area contributed by atoms with Crippen LogP contribution >= 0.6 is 0 Å². The summed E-state index contributed by atoms with van der Waals surface area (Å²) >= 11 is 0. The van der Waals surface area contributed by atoms with Crippen molar-refractivity contribution in [2.24, 2.45) is 0 Å². The zero-order chi connectivity index (χ0) is 19.0. The molecule has 0 spiro atoms. The van der Waals surface area contributed by atoms with Crippen LogP contribution in [0.4, 0.5) is 4.79 Å². The average Bonchev–Trinajstić information content (AvgIpc) is 3.22. The van der Waals surface area contributed by atoms with Gasteiger partial charge in [0, 0.05) is 26.2 Å². The Balaban J connectivity index is 1.37. The fourth-order valence-corrected chi connectivity index (χ4v) is 3.45. The largest absolute Gasteiger partial charge is 0.454 e. The van der Waals surface area contributed by atoms with Crippen LogP contribution in [0.3, 0.4) is 0 Å². The van der Waals surface area contributed by atoms with Crippen LogP contribution < -0.4 is 14.8 Å². The molecule has 9 heteroatoms. The number of nitrogens with zero attached hydrogens (tertiary/aromatic N) is 3. The molecule has 2 saturated heterocycles. The van der Waals surface area contributed by atoms with Crippen molar-refractivity contribution >= 4 is 17.8 Å². The monoisotopic (exact) mass is 374 g/mol. The second kappa shape index (κ2) is 7.07. The molecule has 4 amide bonds. The van der Waals surface area contributed by atoms with Crippen LogP contribution in [0.25, 0.3) is 0 Å². The number of rotatable bonds is 4. The molecule has 1 N–H and O–H groups in total. The van der Waals surface area contributed by atoms with Gasteiger partial charge in [0.05, 0.1) is 13.0 Å². The van der Waals surface area contributed by atoms with Gasteiger partial charge >= 0.3 is 6.03 Å². The van der Waals surface area contributed by atoms with Crippen LogP contribution in [0.15, 0.2) is 18.2 Å². The molecule has 27 heavy (non-hydrogen) atoms. The fraction of sp³-hybridized carbons (Fsp3) is 0.500. The van der Waals surface area contributed by atoms with Crippen LogP contribution in [-0.4, -0.2) is 78.6 Å². The number of hydrogen-bond acceptors (Lipinski definition) is 6. The van der Waals surface area contributed by atoms with E-state index in [1.54, 1.807) is 23.1 Å². The van der Waals surface area contributed by atoms with Crippen LogP contribution in [0, 0.1) is 0 Å².